The number of rotatable bonds is 7. The molecule has 2 aromatic carbocycles. The fourth-order valence-electron chi connectivity index (χ4n) is 3.37. The van der Waals surface area contributed by atoms with Gasteiger partial charge in [-0.15, -0.1) is 10.2 Å². The maximum absolute atomic E-state index is 12.5. The van der Waals surface area contributed by atoms with Crippen molar-refractivity contribution in [1.29, 1.82) is 0 Å². The molecule has 3 aromatic rings. The summed E-state index contributed by atoms with van der Waals surface area (Å²) in [5, 5.41) is 23.0. The van der Waals surface area contributed by atoms with Crippen LogP contribution in [-0.2, 0) is 9.53 Å². The largest absolute Gasteiger partial charge is 0.378 e. The average Bonchev–Trinajstić information content (AvgIpc) is 3.23. The van der Waals surface area contributed by atoms with Crippen LogP contribution in [0, 0.1) is 17.0 Å². The maximum Gasteiger partial charge on any atom is 0.289 e. The first-order chi connectivity index (χ1) is 15.9. The minimum absolute atomic E-state index is 0.00859. The molecule has 0 spiro atoms. The number of hydrogen-bond acceptors (Lipinski definition) is 8. The predicted octanol–water partition coefficient (Wildman–Crippen LogP) is 3.70. The summed E-state index contributed by atoms with van der Waals surface area (Å²) in [6.07, 6.45) is 0. The predicted molar refractivity (Wildman–Crippen MR) is 127 cm³/mol. The Morgan fingerprint density at radius 3 is 2.76 bits per heavy atom. The molecule has 1 N–H and O–H groups in total. The van der Waals surface area contributed by atoms with Crippen LogP contribution in [0.25, 0.3) is 5.69 Å². The van der Waals surface area contributed by atoms with Gasteiger partial charge in [0, 0.05) is 24.8 Å². The Kier molecular flexibility index (Phi) is 7.11. The molecule has 1 aliphatic rings. The normalized spacial score (nSPS) is 13.7. The molecule has 0 bridgehead atoms. The van der Waals surface area contributed by atoms with Crippen LogP contribution < -0.4 is 10.2 Å². The number of carbonyl (C=O) groups excluding carboxylic acids is 1. The Bertz CT molecular complexity index is 1180. The van der Waals surface area contributed by atoms with Gasteiger partial charge < -0.3 is 15.0 Å². The molecule has 1 aromatic heterocycles. The fourth-order valence-corrected chi connectivity index (χ4v) is 4.31. The number of halogens is 1. The minimum atomic E-state index is -0.593. The van der Waals surface area contributed by atoms with Gasteiger partial charge in [0.25, 0.3) is 5.69 Å². The van der Waals surface area contributed by atoms with Crippen molar-refractivity contribution < 1.29 is 14.5 Å². The third-order valence-electron chi connectivity index (χ3n) is 4.93. The van der Waals surface area contributed by atoms with E-state index in [-0.39, 0.29) is 22.4 Å². The molecule has 0 aliphatic carbocycles. The van der Waals surface area contributed by atoms with Crippen molar-refractivity contribution in [1.82, 2.24) is 14.8 Å². The smallest absolute Gasteiger partial charge is 0.289 e. The summed E-state index contributed by atoms with van der Waals surface area (Å²) in [5.41, 5.74) is 2.02. The number of thioether (sulfide) groups is 1. The molecule has 0 unspecified atom stereocenters. The topological polar surface area (TPSA) is 115 Å². The molecule has 4 rings (SSSR count). The van der Waals surface area contributed by atoms with Crippen molar-refractivity contribution >= 4 is 46.6 Å². The zero-order valence-corrected chi connectivity index (χ0v) is 19.3. The van der Waals surface area contributed by atoms with Crippen LogP contribution in [0.4, 0.5) is 17.3 Å². The van der Waals surface area contributed by atoms with Crippen LogP contribution >= 0.6 is 23.4 Å². The summed E-state index contributed by atoms with van der Waals surface area (Å²) >= 11 is 7.07. The molecule has 10 nitrogen and oxygen atoms in total. The quantitative estimate of drug-likeness (QED) is 0.304. The summed E-state index contributed by atoms with van der Waals surface area (Å²) in [6, 6.07) is 12.1. The average molecular weight is 489 g/mol. The van der Waals surface area contributed by atoms with Gasteiger partial charge in [0.1, 0.15) is 5.02 Å². The number of carbonyl (C=O) groups is 1. The van der Waals surface area contributed by atoms with Crippen LogP contribution in [0.1, 0.15) is 5.56 Å². The SMILES string of the molecule is Cc1cccc(-n2c(SCC(=O)Nc3ccc(Cl)c([N+](=O)[O-])c3)nnc2N2CCOCC2)c1. The van der Waals surface area contributed by atoms with E-state index in [0.717, 1.165) is 11.3 Å². The fraction of sp³-hybridized carbons (Fsp3) is 0.286. The molecule has 1 amide bonds. The Labute approximate surface area is 199 Å². The van der Waals surface area contributed by atoms with Gasteiger partial charge in [-0.1, -0.05) is 35.5 Å². The van der Waals surface area contributed by atoms with E-state index < -0.39 is 4.92 Å². The third kappa shape index (κ3) is 5.44. The molecule has 1 fully saturated rings. The first-order valence-electron chi connectivity index (χ1n) is 10.1. The number of ether oxygens (including phenoxy) is 1. The number of nitrogens with zero attached hydrogens (tertiary/aromatic N) is 5. The number of amides is 1. The second kappa shape index (κ2) is 10.2. The van der Waals surface area contributed by atoms with Gasteiger partial charge in [-0.2, -0.15) is 0 Å². The van der Waals surface area contributed by atoms with Crippen LogP contribution in [-0.4, -0.2) is 57.7 Å². The number of anilines is 2. The second-order valence-corrected chi connectivity index (χ2v) is 8.67. The highest BCUT2D eigenvalue weighted by atomic mass is 35.5. The number of morpholine rings is 1. The van der Waals surface area contributed by atoms with Crippen molar-refractivity contribution in [3.05, 3.63) is 63.2 Å². The van der Waals surface area contributed by atoms with E-state index in [9.17, 15) is 14.9 Å². The van der Waals surface area contributed by atoms with E-state index in [1.54, 1.807) is 0 Å². The standard InChI is InChI=1S/C21H21ClN6O4S/c1-14-3-2-4-16(11-14)27-20(26-7-9-32-10-8-26)24-25-21(27)33-13-19(29)23-15-5-6-17(22)18(12-15)28(30)31/h2-6,11-12H,7-10,13H2,1H3,(H,23,29). The molecule has 12 heteroatoms. The van der Waals surface area contributed by atoms with Crippen LogP contribution in [0.15, 0.2) is 47.6 Å². The number of nitrogens with one attached hydrogen (secondary N) is 1. The van der Waals surface area contributed by atoms with Crippen molar-refractivity contribution in [2.45, 2.75) is 12.1 Å². The number of nitro benzene ring substituents is 1. The van der Waals surface area contributed by atoms with E-state index in [1.807, 2.05) is 35.8 Å². The van der Waals surface area contributed by atoms with Gasteiger partial charge in [-0.25, -0.2) is 0 Å². The molecule has 0 atom stereocenters. The van der Waals surface area contributed by atoms with Gasteiger partial charge in [0.05, 0.1) is 29.6 Å². The lowest BCUT2D eigenvalue weighted by Gasteiger charge is -2.28. The van der Waals surface area contributed by atoms with E-state index in [1.165, 1.54) is 30.0 Å². The minimum Gasteiger partial charge on any atom is -0.378 e. The second-order valence-electron chi connectivity index (χ2n) is 7.32. The van der Waals surface area contributed by atoms with Crippen molar-refractivity contribution in [2.24, 2.45) is 0 Å². The zero-order valence-electron chi connectivity index (χ0n) is 17.7. The molecular formula is C21H21ClN6O4S. The number of nitro groups is 1. The van der Waals surface area contributed by atoms with E-state index >= 15 is 0 Å². The number of aryl methyl sites for hydroxylation is 1. The summed E-state index contributed by atoms with van der Waals surface area (Å²) in [7, 11) is 0. The molecule has 0 saturated carbocycles. The number of hydrogen-bond donors (Lipinski definition) is 1. The van der Waals surface area contributed by atoms with Gasteiger partial charge >= 0.3 is 0 Å². The molecule has 33 heavy (non-hydrogen) atoms. The molecule has 0 radical (unpaired) electrons. The number of benzene rings is 2. The van der Waals surface area contributed by atoms with Crippen LogP contribution in [0.3, 0.4) is 0 Å². The van der Waals surface area contributed by atoms with Crippen LogP contribution in [0.5, 0.6) is 0 Å². The Morgan fingerprint density at radius 2 is 2.03 bits per heavy atom. The summed E-state index contributed by atoms with van der Waals surface area (Å²) in [5.74, 6) is 0.409. The van der Waals surface area contributed by atoms with Crippen molar-refractivity contribution in [2.75, 3.05) is 42.3 Å². The van der Waals surface area contributed by atoms with Gasteiger partial charge in [0.2, 0.25) is 11.9 Å². The molecule has 2 heterocycles. The van der Waals surface area contributed by atoms with Gasteiger partial charge in [-0.05, 0) is 36.8 Å². The van der Waals surface area contributed by atoms with Crippen molar-refractivity contribution in [3.8, 4) is 5.69 Å². The monoisotopic (exact) mass is 488 g/mol. The third-order valence-corrected chi connectivity index (χ3v) is 6.18. The maximum atomic E-state index is 12.5. The molecule has 1 aliphatic heterocycles. The Morgan fingerprint density at radius 1 is 1.24 bits per heavy atom. The first-order valence-corrected chi connectivity index (χ1v) is 11.5. The Hall–Kier alpha value is -3.15. The lowest BCUT2D eigenvalue weighted by molar-refractivity contribution is -0.384. The molecular weight excluding hydrogens is 468 g/mol. The zero-order chi connectivity index (χ0) is 23.4. The lowest BCUT2D eigenvalue weighted by atomic mass is 10.2. The van der Waals surface area contributed by atoms with Crippen LogP contribution in [0.2, 0.25) is 5.02 Å². The lowest BCUT2D eigenvalue weighted by Crippen LogP contribution is -2.37. The summed E-state index contributed by atoms with van der Waals surface area (Å²) < 4.78 is 7.39. The van der Waals surface area contributed by atoms with Crippen molar-refractivity contribution in [3.63, 3.8) is 0 Å². The summed E-state index contributed by atoms with van der Waals surface area (Å²) in [6.45, 7) is 4.63. The number of aromatic nitrogens is 3. The van der Waals surface area contributed by atoms with E-state index in [0.29, 0.717) is 43.1 Å². The molecule has 1 saturated heterocycles. The highest BCUT2D eigenvalue weighted by Crippen LogP contribution is 2.29. The van der Waals surface area contributed by atoms with E-state index in [2.05, 4.69) is 20.4 Å². The highest BCUT2D eigenvalue weighted by molar-refractivity contribution is 7.99. The molecule has 172 valence electrons. The Balaban J connectivity index is 1.53. The van der Waals surface area contributed by atoms with E-state index in [4.69, 9.17) is 16.3 Å². The summed E-state index contributed by atoms with van der Waals surface area (Å²) in [4.78, 5) is 25.1. The highest BCUT2D eigenvalue weighted by Gasteiger charge is 2.22. The van der Waals surface area contributed by atoms with Gasteiger partial charge in [0.15, 0.2) is 5.16 Å². The first kappa shape index (κ1) is 23.0. The van der Waals surface area contributed by atoms with Gasteiger partial charge in [-0.3, -0.25) is 19.5 Å².